The molecule has 0 aliphatic carbocycles. The molecule has 0 amide bonds. The van der Waals surface area contributed by atoms with E-state index in [2.05, 4.69) is 4.98 Å². The van der Waals surface area contributed by atoms with Gasteiger partial charge in [0.1, 0.15) is 0 Å². The summed E-state index contributed by atoms with van der Waals surface area (Å²) in [5, 5.41) is 0.981. The monoisotopic (exact) mass is 242 g/mol. The fraction of sp³-hybridized carbons (Fsp3) is 0.100. The Kier molecular flexibility index (Phi) is 2.59. The zero-order chi connectivity index (χ0) is 11.0. The minimum Gasteiger partial charge on any atom is -0.423 e. The lowest BCUT2D eigenvalue weighted by atomic mass is 10.1. The third kappa shape index (κ3) is 1.94. The van der Waals surface area contributed by atoms with E-state index in [0.717, 1.165) is 11.3 Å². The zero-order valence-electron chi connectivity index (χ0n) is 7.92. The summed E-state index contributed by atoms with van der Waals surface area (Å²) < 4.78 is 5.26. The Balaban J connectivity index is 2.54. The fourth-order valence-corrected chi connectivity index (χ4v) is 1.62. The van der Waals surface area contributed by atoms with Crippen LogP contribution in [0, 0.1) is 6.92 Å². The Morgan fingerprint density at radius 2 is 2.00 bits per heavy atom. The lowest BCUT2D eigenvalue weighted by Crippen LogP contribution is -1.81. The number of halogens is 2. The van der Waals surface area contributed by atoms with Crippen LogP contribution in [-0.2, 0) is 0 Å². The first-order chi connectivity index (χ1) is 7.08. The second kappa shape index (κ2) is 3.76. The molecule has 0 saturated heterocycles. The lowest BCUT2D eigenvalue weighted by molar-refractivity contribution is 0.594. The van der Waals surface area contributed by atoms with Crippen molar-refractivity contribution in [2.75, 3.05) is 5.73 Å². The zero-order valence-corrected chi connectivity index (χ0v) is 9.43. The first-order valence-electron chi connectivity index (χ1n) is 4.26. The molecule has 1 aromatic heterocycles. The third-order valence-electron chi connectivity index (χ3n) is 1.99. The topological polar surface area (TPSA) is 52.0 Å². The minimum absolute atomic E-state index is 0.147. The Hall–Kier alpha value is -1.19. The van der Waals surface area contributed by atoms with Gasteiger partial charge in [0.25, 0.3) is 6.01 Å². The molecule has 0 atom stereocenters. The van der Waals surface area contributed by atoms with E-state index in [4.69, 9.17) is 33.4 Å². The molecular formula is C10H8Cl2N2O. The highest BCUT2D eigenvalue weighted by Gasteiger charge is 2.11. The molecule has 1 aromatic carbocycles. The molecule has 5 heteroatoms. The summed E-state index contributed by atoms with van der Waals surface area (Å²) in [6.45, 7) is 1.82. The average Bonchev–Trinajstić information content (AvgIpc) is 2.50. The molecule has 78 valence electrons. The van der Waals surface area contributed by atoms with Gasteiger partial charge >= 0.3 is 0 Å². The number of rotatable bonds is 1. The van der Waals surface area contributed by atoms with Crippen molar-refractivity contribution in [3.8, 4) is 11.3 Å². The summed E-state index contributed by atoms with van der Waals surface area (Å²) in [7, 11) is 0. The van der Waals surface area contributed by atoms with Crippen LogP contribution >= 0.6 is 23.2 Å². The Labute approximate surface area is 96.8 Å². The summed E-state index contributed by atoms with van der Waals surface area (Å²) in [4.78, 5) is 3.97. The average molecular weight is 243 g/mol. The highest BCUT2D eigenvalue weighted by atomic mass is 35.5. The van der Waals surface area contributed by atoms with Gasteiger partial charge < -0.3 is 10.2 Å². The number of hydrogen-bond acceptors (Lipinski definition) is 3. The van der Waals surface area contributed by atoms with Crippen LogP contribution in [0.1, 0.15) is 5.69 Å². The SMILES string of the molecule is Cc1nc(N)oc1-c1ccc(Cl)c(Cl)c1. The molecule has 0 radical (unpaired) electrons. The van der Waals surface area contributed by atoms with Gasteiger partial charge in [-0.25, -0.2) is 0 Å². The second-order valence-electron chi connectivity index (χ2n) is 3.10. The third-order valence-corrected chi connectivity index (χ3v) is 2.73. The fourth-order valence-electron chi connectivity index (χ4n) is 1.32. The Morgan fingerprint density at radius 3 is 2.53 bits per heavy atom. The Bertz CT molecular complexity index is 508. The van der Waals surface area contributed by atoms with E-state index >= 15 is 0 Å². The van der Waals surface area contributed by atoms with Crippen molar-refractivity contribution in [3.05, 3.63) is 33.9 Å². The maximum Gasteiger partial charge on any atom is 0.292 e. The number of nitrogens with zero attached hydrogens (tertiary/aromatic N) is 1. The summed E-state index contributed by atoms with van der Waals surface area (Å²) in [5.41, 5.74) is 6.99. The van der Waals surface area contributed by atoms with Gasteiger partial charge in [-0.2, -0.15) is 4.98 Å². The smallest absolute Gasteiger partial charge is 0.292 e. The number of nitrogens with two attached hydrogens (primary N) is 1. The van der Waals surface area contributed by atoms with Gasteiger partial charge in [-0.3, -0.25) is 0 Å². The van der Waals surface area contributed by atoms with Gasteiger partial charge in [0.2, 0.25) is 0 Å². The van der Waals surface area contributed by atoms with E-state index in [0.29, 0.717) is 15.8 Å². The Morgan fingerprint density at radius 1 is 1.27 bits per heavy atom. The molecule has 0 spiro atoms. The molecular weight excluding hydrogens is 235 g/mol. The molecule has 15 heavy (non-hydrogen) atoms. The van der Waals surface area contributed by atoms with Gasteiger partial charge in [-0.15, -0.1) is 0 Å². The van der Waals surface area contributed by atoms with E-state index < -0.39 is 0 Å². The number of anilines is 1. The van der Waals surface area contributed by atoms with Crippen molar-refractivity contribution in [1.29, 1.82) is 0 Å². The van der Waals surface area contributed by atoms with E-state index in [1.807, 2.05) is 6.92 Å². The molecule has 0 aliphatic rings. The molecule has 2 aromatic rings. The van der Waals surface area contributed by atoms with Gasteiger partial charge in [0, 0.05) is 5.56 Å². The summed E-state index contributed by atoms with van der Waals surface area (Å²) >= 11 is 11.7. The number of aryl methyl sites for hydroxylation is 1. The first-order valence-corrected chi connectivity index (χ1v) is 5.02. The van der Waals surface area contributed by atoms with Gasteiger partial charge in [-0.05, 0) is 25.1 Å². The molecule has 0 fully saturated rings. The molecule has 3 nitrogen and oxygen atoms in total. The summed E-state index contributed by atoms with van der Waals surface area (Å²) in [5.74, 6) is 0.617. The van der Waals surface area contributed by atoms with Gasteiger partial charge in [-0.1, -0.05) is 23.2 Å². The van der Waals surface area contributed by atoms with Crippen LogP contribution in [0.5, 0.6) is 0 Å². The van der Waals surface area contributed by atoms with Crippen LogP contribution in [0.15, 0.2) is 22.6 Å². The number of hydrogen-bond donors (Lipinski definition) is 1. The normalized spacial score (nSPS) is 10.6. The summed E-state index contributed by atoms with van der Waals surface area (Å²) in [6, 6.07) is 5.38. The van der Waals surface area contributed by atoms with Crippen LogP contribution in [0.4, 0.5) is 6.01 Å². The van der Waals surface area contributed by atoms with Crippen molar-refractivity contribution in [1.82, 2.24) is 4.98 Å². The van der Waals surface area contributed by atoms with Crippen LogP contribution < -0.4 is 5.73 Å². The first kappa shape index (κ1) is 10.3. The van der Waals surface area contributed by atoms with Crippen LogP contribution in [0.2, 0.25) is 10.0 Å². The minimum atomic E-state index is 0.147. The van der Waals surface area contributed by atoms with Crippen molar-refractivity contribution < 1.29 is 4.42 Å². The predicted octanol–water partition coefficient (Wildman–Crippen LogP) is 3.54. The van der Waals surface area contributed by atoms with Crippen molar-refractivity contribution in [3.63, 3.8) is 0 Å². The number of oxazole rings is 1. The largest absolute Gasteiger partial charge is 0.423 e. The molecule has 2 N–H and O–H groups in total. The van der Waals surface area contributed by atoms with E-state index in [-0.39, 0.29) is 6.01 Å². The number of nitrogen functional groups attached to an aromatic ring is 1. The predicted molar refractivity (Wildman–Crippen MR) is 61.1 cm³/mol. The van der Waals surface area contributed by atoms with Gasteiger partial charge in [0.15, 0.2) is 5.76 Å². The van der Waals surface area contributed by atoms with Crippen molar-refractivity contribution in [2.45, 2.75) is 6.92 Å². The molecule has 2 rings (SSSR count). The molecule has 0 saturated carbocycles. The standard InChI is InChI=1S/C10H8Cl2N2O/c1-5-9(15-10(13)14-5)6-2-3-7(11)8(12)4-6/h2-4H,1H3,(H2,13,14). The number of aromatic nitrogens is 1. The molecule has 0 unspecified atom stereocenters. The van der Waals surface area contributed by atoms with E-state index in [9.17, 15) is 0 Å². The van der Waals surface area contributed by atoms with E-state index in [1.54, 1.807) is 18.2 Å². The van der Waals surface area contributed by atoms with Crippen LogP contribution in [0.3, 0.4) is 0 Å². The molecule has 0 bridgehead atoms. The highest BCUT2D eigenvalue weighted by molar-refractivity contribution is 6.42. The van der Waals surface area contributed by atoms with Gasteiger partial charge in [0.05, 0.1) is 15.7 Å². The lowest BCUT2D eigenvalue weighted by Gasteiger charge is -2.00. The van der Waals surface area contributed by atoms with E-state index in [1.165, 1.54) is 0 Å². The molecule has 0 aliphatic heterocycles. The highest BCUT2D eigenvalue weighted by Crippen LogP contribution is 2.31. The van der Waals surface area contributed by atoms with Crippen molar-refractivity contribution in [2.24, 2.45) is 0 Å². The second-order valence-corrected chi connectivity index (χ2v) is 3.91. The van der Waals surface area contributed by atoms with Crippen molar-refractivity contribution >= 4 is 29.2 Å². The summed E-state index contributed by atoms with van der Waals surface area (Å²) in [6.07, 6.45) is 0. The number of benzene rings is 1. The quantitative estimate of drug-likeness (QED) is 0.833. The van der Waals surface area contributed by atoms with Crippen LogP contribution in [-0.4, -0.2) is 4.98 Å². The van der Waals surface area contributed by atoms with Crippen LogP contribution in [0.25, 0.3) is 11.3 Å². The maximum atomic E-state index is 5.90. The molecule has 1 heterocycles. The maximum absolute atomic E-state index is 5.90.